The molecule has 444 valence electrons. The van der Waals surface area contributed by atoms with Crippen molar-refractivity contribution in [1.29, 1.82) is 0 Å². The summed E-state index contributed by atoms with van der Waals surface area (Å²) in [6, 6.07) is 0. The van der Waals surface area contributed by atoms with E-state index >= 15 is 0 Å². The van der Waals surface area contributed by atoms with Gasteiger partial charge in [-0.3, -0.25) is 14.4 Å². The standard InChI is InChI=1S/C69H132O6/c1-4-7-10-13-16-19-21-23-25-27-28-29-30-31-32-33-34-35-36-37-38-39-40-41-42-44-45-47-50-53-56-59-62-68(71)74-65-66(64-73-67(70)61-58-55-52-49-18-15-12-9-6-3)75-69(72)63-60-57-54-51-48-46-43-26-24-22-20-17-14-11-8-5-2/h26,43,66H,4-25,27-42,44-65H2,1-3H3/b43-26-. The van der Waals surface area contributed by atoms with Crippen molar-refractivity contribution in [3.8, 4) is 0 Å². The summed E-state index contributed by atoms with van der Waals surface area (Å²) in [5.41, 5.74) is 0. The monoisotopic (exact) mass is 1060 g/mol. The molecule has 1 unspecified atom stereocenters. The molecule has 0 N–H and O–H groups in total. The second-order valence-electron chi connectivity index (χ2n) is 23.5. The Hall–Kier alpha value is -1.85. The van der Waals surface area contributed by atoms with Crippen LogP contribution in [0.15, 0.2) is 12.2 Å². The van der Waals surface area contributed by atoms with E-state index < -0.39 is 6.10 Å². The molecule has 0 saturated heterocycles. The van der Waals surface area contributed by atoms with Gasteiger partial charge < -0.3 is 14.2 Å². The van der Waals surface area contributed by atoms with Crippen LogP contribution >= 0.6 is 0 Å². The quantitative estimate of drug-likeness (QED) is 0.0261. The number of carbonyl (C=O) groups is 3. The highest BCUT2D eigenvalue weighted by Crippen LogP contribution is 2.19. The lowest BCUT2D eigenvalue weighted by Crippen LogP contribution is -2.30. The Labute approximate surface area is 469 Å². The maximum atomic E-state index is 12.9. The van der Waals surface area contributed by atoms with E-state index in [-0.39, 0.29) is 31.1 Å². The Morgan fingerprint density at radius 1 is 0.253 bits per heavy atom. The van der Waals surface area contributed by atoms with Crippen LogP contribution in [0.4, 0.5) is 0 Å². The highest BCUT2D eigenvalue weighted by molar-refractivity contribution is 5.71. The zero-order valence-electron chi connectivity index (χ0n) is 51.1. The van der Waals surface area contributed by atoms with Gasteiger partial charge in [-0.05, 0) is 44.9 Å². The molecule has 0 amide bonds. The molecular formula is C69H132O6. The topological polar surface area (TPSA) is 78.9 Å². The molecular weight excluding hydrogens is 925 g/mol. The van der Waals surface area contributed by atoms with Crippen LogP contribution in [-0.2, 0) is 28.6 Å². The number of ether oxygens (including phenoxy) is 3. The number of unbranched alkanes of at least 4 members (excludes halogenated alkanes) is 51. The second-order valence-corrected chi connectivity index (χ2v) is 23.5. The largest absolute Gasteiger partial charge is 0.462 e. The Balaban J connectivity index is 4.00. The maximum Gasteiger partial charge on any atom is 0.306 e. The Kier molecular flexibility index (Phi) is 63.1. The van der Waals surface area contributed by atoms with E-state index in [9.17, 15) is 14.4 Å². The van der Waals surface area contributed by atoms with Gasteiger partial charge >= 0.3 is 17.9 Å². The summed E-state index contributed by atoms with van der Waals surface area (Å²) in [5, 5.41) is 0. The molecule has 0 aliphatic carbocycles. The third-order valence-electron chi connectivity index (χ3n) is 15.8. The number of rotatable bonds is 64. The van der Waals surface area contributed by atoms with Crippen molar-refractivity contribution in [2.45, 2.75) is 399 Å². The Morgan fingerprint density at radius 3 is 0.667 bits per heavy atom. The molecule has 0 aromatic heterocycles. The molecule has 0 aromatic rings. The summed E-state index contributed by atoms with van der Waals surface area (Å²) in [7, 11) is 0. The minimum atomic E-state index is -0.769. The molecule has 6 heteroatoms. The molecule has 0 rings (SSSR count). The lowest BCUT2D eigenvalue weighted by atomic mass is 10.0. The molecule has 6 nitrogen and oxygen atoms in total. The van der Waals surface area contributed by atoms with Gasteiger partial charge in [0.2, 0.25) is 0 Å². The van der Waals surface area contributed by atoms with Crippen molar-refractivity contribution in [3.05, 3.63) is 12.2 Å². The Bertz CT molecular complexity index is 1170. The van der Waals surface area contributed by atoms with Crippen LogP contribution in [0.2, 0.25) is 0 Å². The smallest absolute Gasteiger partial charge is 0.306 e. The van der Waals surface area contributed by atoms with Gasteiger partial charge in [0.05, 0.1) is 0 Å². The van der Waals surface area contributed by atoms with Crippen molar-refractivity contribution in [1.82, 2.24) is 0 Å². The van der Waals surface area contributed by atoms with E-state index in [4.69, 9.17) is 14.2 Å². The van der Waals surface area contributed by atoms with E-state index in [0.29, 0.717) is 19.3 Å². The van der Waals surface area contributed by atoms with Crippen LogP contribution in [-0.4, -0.2) is 37.2 Å². The summed E-state index contributed by atoms with van der Waals surface area (Å²) >= 11 is 0. The van der Waals surface area contributed by atoms with E-state index in [0.717, 1.165) is 64.2 Å². The average Bonchev–Trinajstić information content (AvgIpc) is 3.41. The van der Waals surface area contributed by atoms with Gasteiger partial charge in [-0.15, -0.1) is 0 Å². The molecule has 0 radical (unpaired) electrons. The third-order valence-corrected chi connectivity index (χ3v) is 15.8. The molecule has 0 spiro atoms. The second kappa shape index (κ2) is 64.7. The highest BCUT2D eigenvalue weighted by Gasteiger charge is 2.19. The molecule has 0 aromatic carbocycles. The minimum absolute atomic E-state index is 0.0675. The number of hydrogen-bond donors (Lipinski definition) is 0. The summed E-state index contributed by atoms with van der Waals surface area (Å²) in [6.45, 7) is 6.68. The average molecular weight is 1060 g/mol. The minimum Gasteiger partial charge on any atom is -0.462 e. The van der Waals surface area contributed by atoms with Gasteiger partial charge in [0.1, 0.15) is 13.2 Å². The van der Waals surface area contributed by atoms with Crippen molar-refractivity contribution in [2.75, 3.05) is 13.2 Å². The normalized spacial score (nSPS) is 12.0. The molecule has 0 bridgehead atoms. The fraction of sp³-hybridized carbons (Fsp3) is 0.928. The molecule has 0 aliphatic heterocycles. The lowest BCUT2D eigenvalue weighted by molar-refractivity contribution is -0.167. The van der Waals surface area contributed by atoms with E-state index in [1.165, 1.54) is 289 Å². The van der Waals surface area contributed by atoms with Gasteiger partial charge in [0.15, 0.2) is 6.10 Å². The van der Waals surface area contributed by atoms with Gasteiger partial charge in [-0.25, -0.2) is 0 Å². The summed E-state index contributed by atoms with van der Waals surface area (Å²) in [6.07, 6.45) is 77.0. The number of hydrogen-bond acceptors (Lipinski definition) is 6. The van der Waals surface area contributed by atoms with E-state index in [2.05, 4.69) is 32.9 Å². The van der Waals surface area contributed by atoms with Gasteiger partial charge in [-0.2, -0.15) is 0 Å². The summed E-state index contributed by atoms with van der Waals surface area (Å²) in [5.74, 6) is -0.852. The zero-order valence-corrected chi connectivity index (χ0v) is 51.1. The lowest BCUT2D eigenvalue weighted by Gasteiger charge is -2.18. The van der Waals surface area contributed by atoms with Crippen LogP contribution in [0, 0.1) is 0 Å². The Morgan fingerprint density at radius 2 is 0.440 bits per heavy atom. The van der Waals surface area contributed by atoms with Crippen molar-refractivity contribution in [3.63, 3.8) is 0 Å². The third kappa shape index (κ3) is 62.9. The first-order valence-electron chi connectivity index (χ1n) is 34.2. The summed E-state index contributed by atoms with van der Waals surface area (Å²) in [4.78, 5) is 38.2. The number of allylic oxidation sites excluding steroid dienone is 2. The van der Waals surface area contributed by atoms with Crippen LogP contribution in [0.3, 0.4) is 0 Å². The number of esters is 3. The molecule has 0 aliphatic rings. The molecule has 0 heterocycles. The van der Waals surface area contributed by atoms with Gasteiger partial charge in [0.25, 0.3) is 0 Å². The fourth-order valence-electron chi connectivity index (χ4n) is 10.6. The van der Waals surface area contributed by atoms with Crippen LogP contribution < -0.4 is 0 Å². The zero-order chi connectivity index (χ0) is 54.3. The molecule has 1 atom stereocenters. The molecule has 75 heavy (non-hydrogen) atoms. The van der Waals surface area contributed by atoms with E-state index in [1.54, 1.807) is 0 Å². The summed E-state index contributed by atoms with van der Waals surface area (Å²) < 4.78 is 16.9. The van der Waals surface area contributed by atoms with Crippen LogP contribution in [0.5, 0.6) is 0 Å². The van der Waals surface area contributed by atoms with Gasteiger partial charge in [-0.1, -0.05) is 341 Å². The fourth-order valence-corrected chi connectivity index (χ4v) is 10.6. The van der Waals surface area contributed by atoms with Crippen molar-refractivity contribution < 1.29 is 28.6 Å². The van der Waals surface area contributed by atoms with Crippen LogP contribution in [0.25, 0.3) is 0 Å². The highest BCUT2D eigenvalue weighted by atomic mass is 16.6. The predicted octanol–water partition coefficient (Wildman–Crippen LogP) is 23.2. The van der Waals surface area contributed by atoms with Crippen molar-refractivity contribution >= 4 is 17.9 Å². The SMILES string of the molecule is CCCCCCCCC/C=C\CCCCCCCC(=O)OC(COC(=O)CCCCCCCCCCC)COC(=O)CCCCCCCCCCCCCCCCCCCCCCCCCCCCCCCCCC. The van der Waals surface area contributed by atoms with Crippen molar-refractivity contribution in [2.24, 2.45) is 0 Å². The maximum absolute atomic E-state index is 12.9. The van der Waals surface area contributed by atoms with Crippen LogP contribution in [0.1, 0.15) is 393 Å². The first-order chi connectivity index (χ1) is 37.0. The van der Waals surface area contributed by atoms with Gasteiger partial charge in [0, 0.05) is 19.3 Å². The first-order valence-corrected chi connectivity index (χ1v) is 34.2. The molecule has 0 saturated carbocycles. The van der Waals surface area contributed by atoms with E-state index in [1.807, 2.05) is 0 Å². The molecule has 0 fully saturated rings. The predicted molar refractivity (Wildman–Crippen MR) is 326 cm³/mol. The first kappa shape index (κ1) is 73.2. The number of carbonyl (C=O) groups excluding carboxylic acids is 3.